The van der Waals surface area contributed by atoms with Crippen LogP contribution in [0.4, 0.5) is 10.1 Å². The minimum absolute atomic E-state index is 0.0397. The molecule has 0 spiro atoms. The van der Waals surface area contributed by atoms with E-state index in [0.717, 1.165) is 11.1 Å². The lowest BCUT2D eigenvalue weighted by molar-refractivity contribution is -0.111. The first-order valence-electron chi connectivity index (χ1n) is 6.59. The van der Waals surface area contributed by atoms with Crippen LogP contribution in [0.3, 0.4) is 0 Å². The summed E-state index contributed by atoms with van der Waals surface area (Å²) in [6.45, 7) is 1.94. The molecule has 2 rings (SSSR count). The van der Waals surface area contributed by atoms with Crippen molar-refractivity contribution >= 4 is 29.3 Å². The summed E-state index contributed by atoms with van der Waals surface area (Å²) < 4.78 is 18.9. The molecule has 2 aromatic rings. The molecule has 0 saturated heterocycles. The summed E-state index contributed by atoms with van der Waals surface area (Å²) in [5, 5.41) is 2.41. The van der Waals surface area contributed by atoms with Crippen molar-refractivity contribution in [2.75, 3.05) is 12.4 Å². The average Bonchev–Trinajstić information content (AvgIpc) is 2.50. The topological polar surface area (TPSA) is 38.3 Å². The van der Waals surface area contributed by atoms with Gasteiger partial charge in [0.05, 0.1) is 17.8 Å². The van der Waals surface area contributed by atoms with Crippen LogP contribution >= 0.6 is 11.6 Å². The zero-order chi connectivity index (χ0) is 16.1. The van der Waals surface area contributed by atoms with Gasteiger partial charge in [0.2, 0.25) is 5.91 Å². The first kappa shape index (κ1) is 16.0. The Labute approximate surface area is 133 Å². The molecule has 114 valence electrons. The number of ether oxygens (including phenoxy) is 1. The minimum Gasteiger partial charge on any atom is -0.496 e. The van der Waals surface area contributed by atoms with Crippen molar-refractivity contribution in [3.63, 3.8) is 0 Å². The van der Waals surface area contributed by atoms with Crippen LogP contribution in [0.15, 0.2) is 42.5 Å². The van der Waals surface area contributed by atoms with Gasteiger partial charge in [-0.3, -0.25) is 4.79 Å². The van der Waals surface area contributed by atoms with Crippen LogP contribution in [-0.4, -0.2) is 13.0 Å². The van der Waals surface area contributed by atoms with E-state index in [2.05, 4.69) is 5.32 Å². The van der Waals surface area contributed by atoms with Gasteiger partial charge in [-0.25, -0.2) is 4.39 Å². The van der Waals surface area contributed by atoms with Crippen molar-refractivity contribution in [2.45, 2.75) is 6.92 Å². The van der Waals surface area contributed by atoms with E-state index in [1.807, 2.05) is 25.1 Å². The Kier molecular flexibility index (Phi) is 5.17. The van der Waals surface area contributed by atoms with Crippen LogP contribution in [0.5, 0.6) is 5.75 Å². The van der Waals surface area contributed by atoms with Crippen molar-refractivity contribution in [3.8, 4) is 5.75 Å². The summed E-state index contributed by atoms with van der Waals surface area (Å²) in [4.78, 5) is 11.9. The number of nitrogens with one attached hydrogen (secondary N) is 1. The third-order valence-electron chi connectivity index (χ3n) is 3.01. The molecule has 0 fully saturated rings. The summed E-state index contributed by atoms with van der Waals surface area (Å²) >= 11 is 5.67. The Balaban J connectivity index is 2.15. The monoisotopic (exact) mass is 319 g/mol. The number of carbonyl (C=O) groups excluding carboxylic acids is 1. The highest BCUT2D eigenvalue weighted by molar-refractivity contribution is 6.31. The van der Waals surface area contributed by atoms with Gasteiger partial charge < -0.3 is 10.1 Å². The number of hydrogen-bond donors (Lipinski definition) is 1. The first-order valence-corrected chi connectivity index (χ1v) is 6.97. The van der Waals surface area contributed by atoms with Crippen molar-refractivity contribution < 1.29 is 13.9 Å². The number of rotatable bonds is 4. The smallest absolute Gasteiger partial charge is 0.248 e. The van der Waals surface area contributed by atoms with E-state index >= 15 is 0 Å². The van der Waals surface area contributed by atoms with E-state index in [0.29, 0.717) is 5.75 Å². The highest BCUT2D eigenvalue weighted by Crippen LogP contribution is 2.23. The van der Waals surface area contributed by atoms with Gasteiger partial charge in [0.15, 0.2) is 5.82 Å². The lowest BCUT2D eigenvalue weighted by Crippen LogP contribution is -2.09. The normalized spacial score (nSPS) is 10.7. The molecule has 2 aromatic carbocycles. The van der Waals surface area contributed by atoms with Gasteiger partial charge in [-0.05, 0) is 37.3 Å². The van der Waals surface area contributed by atoms with Crippen molar-refractivity contribution in [2.24, 2.45) is 0 Å². The molecule has 0 unspecified atom stereocenters. The lowest BCUT2D eigenvalue weighted by atomic mass is 10.1. The van der Waals surface area contributed by atoms with E-state index in [1.165, 1.54) is 18.2 Å². The van der Waals surface area contributed by atoms with E-state index in [-0.39, 0.29) is 10.7 Å². The van der Waals surface area contributed by atoms with Gasteiger partial charge in [-0.1, -0.05) is 29.3 Å². The second-order valence-electron chi connectivity index (χ2n) is 4.67. The highest BCUT2D eigenvalue weighted by Gasteiger charge is 2.08. The minimum atomic E-state index is -0.654. The summed E-state index contributed by atoms with van der Waals surface area (Å²) in [7, 11) is 1.56. The zero-order valence-corrected chi connectivity index (χ0v) is 12.9. The second kappa shape index (κ2) is 7.09. The Morgan fingerprint density at radius 1 is 1.32 bits per heavy atom. The zero-order valence-electron chi connectivity index (χ0n) is 12.2. The first-order chi connectivity index (χ1) is 10.5. The van der Waals surface area contributed by atoms with Crippen LogP contribution in [0.2, 0.25) is 5.02 Å². The van der Waals surface area contributed by atoms with E-state index < -0.39 is 11.7 Å². The van der Waals surface area contributed by atoms with Crippen molar-refractivity contribution in [1.29, 1.82) is 0 Å². The largest absolute Gasteiger partial charge is 0.496 e. The molecule has 0 bridgehead atoms. The molecular weight excluding hydrogens is 305 g/mol. The van der Waals surface area contributed by atoms with E-state index in [9.17, 15) is 9.18 Å². The highest BCUT2D eigenvalue weighted by atomic mass is 35.5. The van der Waals surface area contributed by atoms with Gasteiger partial charge in [0.25, 0.3) is 0 Å². The number of benzene rings is 2. The summed E-state index contributed by atoms with van der Waals surface area (Å²) in [6.07, 6.45) is 2.93. The average molecular weight is 320 g/mol. The standard InChI is InChI=1S/C17H15ClFNO2/c1-11-6-8-15(22-2)12(10-11)7-9-16(21)20-14-5-3-4-13(18)17(14)19/h3-10H,1-2H3,(H,20,21)/b9-7+. The molecular formula is C17H15ClFNO2. The summed E-state index contributed by atoms with van der Waals surface area (Å²) in [5.41, 5.74) is 1.85. The molecule has 5 heteroatoms. The fraction of sp³-hybridized carbons (Fsp3) is 0.118. The van der Waals surface area contributed by atoms with Crippen molar-refractivity contribution in [3.05, 3.63) is 64.4 Å². The molecule has 0 aliphatic rings. The Morgan fingerprint density at radius 3 is 2.82 bits per heavy atom. The second-order valence-corrected chi connectivity index (χ2v) is 5.08. The van der Waals surface area contributed by atoms with Gasteiger partial charge >= 0.3 is 0 Å². The maximum atomic E-state index is 13.7. The van der Waals surface area contributed by atoms with Gasteiger partial charge in [-0.2, -0.15) is 0 Å². The number of amides is 1. The third-order valence-corrected chi connectivity index (χ3v) is 3.30. The molecule has 0 aliphatic carbocycles. The van der Waals surface area contributed by atoms with Gasteiger partial charge in [0.1, 0.15) is 5.75 Å². The Bertz CT molecular complexity index is 729. The van der Waals surface area contributed by atoms with Crippen LogP contribution in [0, 0.1) is 12.7 Å². The van der Waals surface area contributed by atoms with Crippen LogP contribution < -0.4 is 10.1 Å². The predicted molar refractivity (Wildman–Crippen MR) is 86.8 cm³/mol. The molecule has 0 aliphatic heterocycles. The molecule has 1 N–H and O–H groups in total. The predicted octanol–water partition coefficient (Wildman–Crippen LogP) is 4.45. The van der Waals surface area contributed by atoms with Gasteiger partial charge in [0, 0.05) is 11.6 Å². The maximum absolute atomic E-state index is 13.7. The van der Waals surface area contributed by atoms with E-state index in [1.54, 1.807) is 19.3 Å². The lowest BCUT2D eigenvalue weighted by Gasteiger charge is -2.06. The summed E-state index contributed by atoms with van der Waals surface area (Å²) in [5.74, 6) is -0.452. The number of hydrogen-bond acceptors (Lipinski definition) is 2. The SMILES string of the molecule is COc1ccc(C)cc1/C=C/C(=O)Nc1cccc(Cl)c1F. The number of halogens is 2. The molecule has 3 nitrogen and oxygen atoms in total. The van der Waals surface area contributed by atoms with Gasteiger partial charge in [-0.15, -0.1) is 0 Å². The molecule has 22 heavy (non-hydrogen) atoms. The Morgan fingerprint density at radius 2 is 2.09 bits per heavy atom. The number of anilines is 1. The van der Waals surface area contributed by atoms with E-state index in [4.69, 9.17) is 16.3 Å². The summed E-state index contributed by atoms with van der Waals surface area (Å²) in [6, 6.07) is 10.1. The molecule has 0 saturated carbocycles. The molecule has 1 amide bonds. The fourth-order valence-electron chi connectivity index (χ4n) is 1.92. The maximum Gasteiger partial charge on any atom is 0.248 e. The fourth-order valence-corrected chi connectivity index (χ4v) is 2.10. The van der Waals surface area contributed by atoms with Crippen LogP contribution in [0.25, 0.3) is 6.08 Å². The number of carbonyl (C=O) groups is 1. The number of methoxy groups -OCH3 is 1. The van der Waals surface area contributed by atoms with Crippen LogP contribution in [0.1, 0.15) is 11.1 Å². The molecule has 0 aromatic heterocycles. The molecule has 0 radical (unpaired) electrons. The van der Waals surface area contributed by atoms with Crippen molar-refractivity contribution in [1.82, 2.24) is 0 Å². The quantitative estimate of drug-likeness (QED) is 0.846. The number of aryl methyl sites for hydroxylation is 1. The third kappa shape index (κ3) is 3.86. The molecule has 0 atom stereocenters. The Hall–Kier alpha value is -2.33. The van der Waals surface area contributed by atoms with Crippen LogP contribution in [-0.2, 0) is 4.79 Å². The molecule has 0 heterocycles.